The molecule has 3 heteroatoms. The maximum atomic E-state index is 2.61. The highest BCUT2D eigenvalue weighted by atomic mass is 32.2. The number of aromatic nitrogens is 1. The zero-order valence-corrected chi connectivity index (χ0v) is 19.1. The average molecular weight is 361 g/mol. The summed E-state index contributed by atoms with van der Waals surface area (Å²) in [6.45, 7) is 20.9. The molecule has 0 aliphatic carbocycles. The van der Waals surface area contributed by atoms with Crippen molar-refractivity contribution in [1.82, 2.24) is 9.47 Å². The third-order valence-electron chi connectivity index (χ3n) is 7.07. The van der Waals surface area contributed by atoms with Crippen LogP contribution in [0.25, 0.3) is 10.9 Å². The molecule has 0 bridgehead atoms. The van der Waals surface area contributed by atoms with Gasteiger partial charge in [-0.25, -0.2) is 0 Å². The molecule has 0 fully saturated rings. The lowest BCUT2D eigenvalue weighted by Gasteiger charge is -2.48. The van der Waals surface area contributed by atoms with E-state index in [1.54, 1.807) is 0 Å². The molecule has 0 amide bonds. The Kier molecular flexibility index (Phi) is 5.18. The van der Waals surface area contributed by atoms with Crippen molar-refractivity contribution in [3.8, 4) is 0 Å². The van der Waals surface area contributed by atoms with Gasteiger partial charge < -0.3 is 9.47 Å². The van der Waals surface area contributed by atoms with Crippen LogP contribution >= 0.6 is 11.8 Å². The van der Waals surface area contributed by atoms with Crippen molar-refractivity contribution in [2.45, 2.75) is 78.3 Å². The topological polar surface area (TPSA) is 8.17 Å². The first kappa shape index (κ1) is 20.4. The van der Waals surface area contributed by atoms with Gasteiger partial charge in [-0.2, -0.15) is 0 Å². The summed E-state index contributed by atoms with van der Waals surface area (Å²) in [4.78, 5) is 3.79. The number of likely N-dealkylation sites (N-methyl/N-ethyl adjacent to an activating group) is 1. The van der Waals surface area contributed by atoms with Gasteiger partial charge >= 0.3 is 0 Å². The van der Waals surface area contributed by atoms with Gasteiger partial charge in [-0.15, -0.1) is 11.8 Å². The van der Waals surface area contributed by atoms with Crippen molar-refractivity contribution < 1.29 is 0 Å². The van der Waals surface area contributed by atoms with Gasteiger partial charge in [-0.3, -0.25) is 0 Å². The largest absolute Gasteiger partial charge is 0.337 e. The van der Waals surface area contributed by atoms with Crippen LogP contribution in [-0.2, 0) is 5.54 Å². The lowest BCUT2D eigenvalue weighted by Crippen LogP contribution is -2.56. The molecule has 0 saturated carbocycles. The number of fused-ring (bicyclic) bond motifs is 1. The molecule has 2 nitrogen and oxygen atoms in total. The van der Waals surface area contributed by atoms with Crippen LogP contribution in [0.4, 0.5) is 0 Å². The van der Waals surface area contributed by atoms with Crippen LogP contribution in [0, 0.1) is 34.6 Å². The van der Waals surface area contributed by atoms with Crippen LogP contribution in [0.15, 0.2) is 4.90 Å². The quantitative estimate of drug-likeness (QED) is 0.620. The minimum atomic E-state index is -0.0440. The molecule has 0 atom stereocenters. The SMILES string of the molecule is CSc1c(C)c(C)c2c(c1C)c(C)c(C)n2C(C)(C)C(C)(C)N(C)C. The molecular formula is C22H36N2S. The molecule has 0 radical (unpaired) electrons. The molecule has 0 saturated heterocycles. The summed E-state index contributed by atoms with van der Waals surface area (Å²) in [7, 11) is 4.37. The molecule has 0 spiro atoms. The zero-order valence-electron chi connectivity index (χ0n) is 18.3. The highest BCUT2D eigenvalue weighted by Gasteiger charge is 2.42. The summed E-state index contributed by atoms with van der Waals surface area (Å²) >= 11 is 1.88. The fourth-order valence-corrected chi connectivity index (χ4v) is 5.06. The average Bonchev–Trinajstić information content (AvgIpc) is 2.78. The molecule has 25 heavy (non-hydrogen) atoms. The predicted molar refractivity (Wildman–Crippen MR) is 114 cm³/mol. The third-order valence-corrected chi connectivity index (χ3v) is 8.09. The summed E-state index contributed by atoms with van der Waals surface area (Å²) in [5.74, 6) is 0. The Balaban J connectivity index is 3.05. The van der Waals surface area contributed by atoms with E-state index < -0.39 is 0 Å². The number of thioether (sulfide) groups is 1. The van der Waals surface area contributed by atoms with E-state index in [9.17, 15) is 0 Å². The van der Waals surface area contributed by atoms with Crippen molar-refractivity contribution in [2.24, 2.45) is 0 Å². The maximum absolute atomic E-state index is 2.61. The second-order valence-corrected chi connectivity index (χ2v) is 9.51. The van der Waals surface area contributed by atoms with Crippen molar-refractivity contribution in [2.75, 3.05) is 20.4 Å². The monoisotopic (exact) mass is 360 g/mol. The zero-order chi connectivity index (χ0) is 19.5. The molecule has 1 aromatic heterocycles. The molecule has 2 rings (SSSR count). The van der Waals surface area contributed by atoms with Gasteiger partial charge in [0.05, 0.1) is 11.1 Å². The minimum Gasteiger partial charge on any atom is -0.337 e. The van der Waals surface area contributed by atoms with Crippen LogP contribution in [0.2, 0.25) is 0 Å². The summed E-state index contributed by atoms with van der Waals surface area (Å²) in [6.07, 6.45) is 2.19. The highest BCUT2D eigenvalue weighted by molar-refractivity contribution is 7.98. The van der Waals surface area contributed by atoms with E-state index >= 15 is 0 Å². The highest BCUT2D eigenvalue weighted by Crippen LogP contribution is 2.44. The van der Waals surface area contributed by atoms with E-state index in [4.69, 9.17) is 0 Å². The lowest BCUT2D eigenvalue weighted by atomic mass is 9.80. The second kappa shape index (κ2) is 6.35. The molecule has 0 aliphatic heterocycles. The molecular weight excluding hydrogens is 324 g/mol. The van der Waals surface area contributed by atoms with Gasteiger partial charge in [-0.05, 0) is 105 Å². The van der Waals surface area contributed by atoms with Gasteiger partial charge in [0.1, 0.15) is 0 Å². The summed E-state index contributed by atoms with van der Waals surface area (Å²) in [6, 6.07) is 0. The van der Waals surface area contributed by atoms with E-state index in [0.717, 1.165) is 0 Å². The molecule has 1 heterocycles. The molecule has 140 valence electrons. The molecule has 0 unspecified atom stereocenters. The number of hydrogen-bond acceptors (Lipinski definition) is 2. The third kappa shape index (κ3) is 2.66. The Morgan fingerprint density at radius 3 is 1.76 bits per heavy atom. The van der Waals surface area contributed by atoms with E-state index in [2.05, 4.69) is 92.1 Å². The van der Waals surface area contributed by atoms with E-state index in [1.165, 1.54) is 43.7 Å². The summed E-state index contributed by atoms with van der Waals surface area (Å²) < 4.78 is 2.61. The van der Waals surface area contributed by atoms with Crippen molar-refractivity contribution >= 4 is 22.7 Å². The van der Waals surface area contributed by atoms with Gasteiger partial charge in [-0.1, -0.05) is 0 Å². The van der Waals surface area contributed by atoms with Crippen molar-refractivity contribution in [3.63, 3.8) is 0 Å². The number of hydrogen-bond donors (Lipinski definition) is 0. The van der Waals surface area contributed by atoms with Crippen LogP contribution in [0.3, 0.4) is 0 Å². The van der Waals surface area contributed by atoms with Crippen molar-refractivity contribution in [1.29, 1.82) is 0 Å². The fourth-order valence-electron chi connectivity index (χ4n) is 4.19. The van der Waals surface area contributed by atoms with Crippen LogP contribution in [0.1, 0.15) is 55.6 Å². The number of nitrogens with zero attached hydrogens (tertiary/aromatic N) is 2. The van der Waals surface area contributed by atoms with Crippen LogP contribution < -0.4 is 0 Å². The van der Waals surface area contributed by atoms with Gasteiger partial charge in [0.15, 0.2) is 0 Å². The normalized spacial score (nSPS) is 13.3. The molecule has 0 N–H and O–H groups in total. The number of aryl methyl sites for hydroxylation is 3. The molecule has 2 aromatic rings. The molecule has 0 aliphatic rings. The van der Waals surface area contributed by atoms with Crippen LogP contribution in [-0.4, -0.2) is 35.4 Å². The Hall–Kier alpha value is -0.930. The Morgan fingerprint density at radius 2 is 1.32 bits per heavy atom. The smallest absolute Gasteiger partial charge is 0.0570 e. The standard InChI is InChI=1S/C22H36N2S/c1-13-14(2)20(25-12)16(4)18-15(3)17(5)24(19(13)18)22(8,9)21(6,7)23(10)11/h1-12H3. The van der Waals surface area contributed by atoms with Crippen molar-refractivity contribution in [3.05, 3.63) is 27.9 Å². The number of benzene rings is 1. The number of rotatable bonds is 4. The first-order valence-corrected chi connectivity index (χ1v) is 10.4. The van der Waals surface area contributed by atoms with Gasteiger partial charge in [0, 0.05) is 21.5 Å². The Bertz CT molecular complexity index is 823. The second-order valence-electron chi connectivity index (χ2n) is 8.69. The first-order valence-electron chi connectivity index (χ1n) is 9.15. The summed E-state index contributed by atoms with van der Waals surface area (Å²) in [5, 5.41) is 1.45. The minimum absolute atomic E-state index is 0.0164. The van der Waals surface area contributed by atoms with E-state index in [1.807, 2.05) is 11.8 Å². The maximum Gasteiger partial charge on any atom is 0.0570 e. The van der Waals surface area contributed by atoms with Gasteiger partial charge in [0.25, 0.3) is 0 Å². The van der Waals surface area contributed by atoms with Crippen LogP contribution in [0.5, 0.6) is 0 Å². The fraction of sp³-hybridized carbons (Fsp3) is 0.636. The molecule has 1 aromatic carbocycles. The van der Waals surface area contributed by atoms with E-state index in [0.29, 0.717) is 0 Å². The van der Waals surface area contributed by atoms with Gasteiger partial charge in [0.2, 0.25) is 0 Å². The Labute approximate surface area is 159 Å². The predicted octanol–water partition coefficient (Wildman–Crippen LogP) is 5.98. The lowest BCUT2D eigenvalue weighted by molar-refractivity contribution is 0.0603. The summed E-state index contributed by atoms with van der Waals surface area (Å²) in [5.41, 5.74) is 8.48. The van der Waals surface area contributed by atoms with E-state index in [-0.39, 0.29) is 11.1 Å². The Morgan fingerprint density at radius 1 is 0.800 bits per heavy atom. The first-order chi connectivity index (χ1) is 11.3.